The first-order valence-corrected chi connectivity index (χ1v) is 6.42. The molecule has 0 aliphatic carbocycles. The Morgan fingerprint density at radius 1 is 1.33 bits per heavy atom. The normalized spacial score (nSPS) is 33.8. The topological polar surface area (TPSA) is 62.9 Å². The summed E-state index contributed by atoms with van der Waals surface area (Å²) >= 11 is 0. The van der Waals surface area contributed by atoms with Crippen molar-refractivity contribution in [2.75, 3.05) is 34.0 Å². The van der Waals surface area contributed by atoms with E-state index in [2.05, 4.69) is 6.92 Å². The first-order valence-electron chi connectivity index (χ1n) is 6.42. The SMILES string of the molecule is [B][C@@H]1O[C@H](COC)C(OC)[C@@H]1OCC(CC)CN. The third kappa shape index (κ3) is 3.93. The minimum atomic E-state index is -0.481. The third-order valence-electron chi connectivity index (χ3n) is 3.38. The summed E-state index contributed by atoms with van der Waals surface area (Å²) in [5, 5.41) is 0. The van der Waals surface area contributed by atoms with Gasteiger partial charge in [0.1, 0.15) is 26.2 Å². The van der Waals surface area contributed by atoms with E-state index in [1.165, 1.54) is 0 Å². The van der Waals surface area contributed by atoms with Gasteiger partial charge in [0, 0.05) is 20.2 Å². The highest BCUT2D eigenvalue weighted by Crippen LogP contribution is 2.25. The van der Waals surface area contributed by atoms with Crippen LogP contribution in [-0.4, -0.2) is 66.1 Å². The molecule has 0 aromatic rings. The van der Waals surface area contributed by atoms with Crippen molar-refractivity contribution >= 4 is 7.85 Å². The molecule has 5 atom stereocenters. The van der Waals surface area contributed by atoms with Gasteiger partial charge in [-0.1, -0.05) is 6.92 Å². The second-order valence-electron chi connectivity index (χ2n) is 4.60. The van der Waals surface area contributed by atoms with Crippen LogP contribution < -0.4 is 5.73 Å². The first-order chi connectivity index (χ1) is 8.67. The highest BCUT2D eigenvalue weighted by Gasteiger charge is 2.43. The van der Waals surface area contributed by atoms with Gasteiger partial charge in [-0.05, 0) is 18.9 Å². The van der Waals surface area contributed by atoms with Gasteiger partial charge in [-0.3, -0.25) is 0 Å². The quantitative estimate of drug-likeness (QED) is 0.616. The summed E-state index contributed by atoms with van der Waals surface area (Å²) in [5.74, 6) is 0.344. The summed E-state index contributed by atoms with van der Waals surface area (Å²) in [6.45, 7) is 3.72. The summed E-state index contributed by atoms with van der Waals surface area (Å²) in [6, 6.07) is -0.481. The van der Waals surface area contributed by atoms with E-state index in [0.29, 0.717) is 25.7 Å². The van der Waals surface area contributed by atoms with Crippen molar-refractivity contribution < 1.29 is 18.9 Å². The zero-order valence-electron chi connectivity index (χ0n) is 11.5. The van der Waals surface area contributed by atoms with Crippen molar-refractivity contribution in [1.29, 1.82) is 0 Å². The molecule has 6 heteroatoms. The molecule has 0 amide bonds. The molecule has 0 spiro atoms. The molecule has 1 aliphatic rings. The Hall–Kier alpha value is -0.135. The van der Waals surface area contributed by atoms with Gasteiger partial charge in [0.05, 0.1) is 13.2 Å². The van der Waals surface area contributed by atoms with Crippen molar-refractivity contribution in [2.24, 2.45) is 11.7 Å². The lowest BCUT2D eigenvalue weighted by Crippen LogP contribution is -2.39. The Labute approximate surface area is 111 Å². The van der Waals surface area contributed by atoms with E-state index < -0.39 is 6.00 Å². The fourth-order valence-electron chi connectivity index (χ4n) is 2.13. The van der Waals surface area contributed by atoms with Crippen LogP contribution in [0.15, 0.2) is 0 Å². The van der Waals surface area contributed by atoms with Crippen LogP contribution in [0.4, 0.5) is 0 Å². The average Bonchev–Trinajstić information content (AvgIpc) is 2.67. The van der Waals surface area contributed by atoms with Gasteiger partial charge in [0.25, 0.3) is 0 Å². The minimum Gasteiger partial charge on any atom is -0.382 e. The van der Waals surface area contributed by atoms with Crippen LogP contribution in [0.3, 0.4) is 0 Å². The highest BCUT2D eigenvalue weighted by atomic mass is 16.6. The van der Waals surface area contributed by atoms with E-state index in [9.17, 15) is 0 Å². The molecule has 1 aliphatic heterocycles. The van der Waals surface area contributed by atoms with Crippen LogP contribution in [0.5, 0.6) is 0 Å². The van der Waals surface area contributed by atoms with Gasteiger partial charge >= 0.3 is 0 Å². The van der Waals surface area contributed by atoms with Crippen LogP contribution in [0.2, 0.25) is 0 Å². The van der Waals surface area contributed by atoms with E-state index in [-0.39, 0.29) is 18.3 Å². The molecule has 2 N–H and O–H groups in total. The monoisotopic (exact) mass is 257 g/mol. The van der Waals surface area contributed by atoms with E-state index in [0.717, 1.165) is 6.42 Å². The molecule has 2 unspecified atom stereocenters. The summed E-state index contributed by atoms with van der Waals surface area (Å²) in [4.78, 5) is 0. The third-order valence-corrected chi connectivity index (χ3v) is 3.38. The Morgan fingerprint density at radius 2 is 2.06 bits per heavy atom. The number of nitrogens with two attached hydrogens (primary N) is 1. The lowest BCUT2D eigenvalue weighted by Gasteiger charge is -2.24. The molecule has 104 valence electrons. The van der Waals surface area contributed by atoms with Crippen molar-refractivity contribution in [3.05, 3.63) is 0 Å². The lowest BCUT2D eigenvalue weighted by molar-refractivity contribution is -0.0617. The zero-order chi connectivity index (χ0) is 13.5. The number of hydrogen-bond donors (Lipinski definition) is 1. The van der Waals surface area contributed by atoms with Crippen molar-refractivity contribution in [2.45, 2.75) is 37.7 Å². The first kappa shape index (κ1) is 15.9. The molecule has 0 bridgehead atoms. The molecule has 1 heterocycles. The Bertz CT molecular complexity index is 228. The fourth-order valence-corrected chi connectivity index (χ4v) is 2.13. The number of hydrogen-bond acceptors (Lipinski definition) is 5. The maximum atomic E-state index is 5.92. The second-order valence-corrected chi connectivity index (χ2v) is 4.60. The molecular weight excluding hydrogens is 233 g/mol. The Kier molecular flexibility index (Phi) is 7.18. The molecule has 0 saturated carbocycles. The summed E-state index contributed by atoms with van der Waals surface area (Å²) in [7, 11) is 9.17. The van der Waals surface area contributed by atoms with Crippen molar-refractivity contribution in [3.8, 4) is 0 Å². The van der Waals surface area contributed by atoms with Crippen molar-refractivity contribution in [1.82, 2.24) is 0 Å². The van der Waals surface area contributed by atoms with Crippen LogP contribution in [-0.2, 0) is 18.9 Å². The highest BCUT2D eigenvalue weighted by molar-refractivity contribution is 6.11. The minimum absolute atomic E-state index is 0.182. The molecular formula is C12H24BNO4. The Balaban J connectivity index is 2.51. The molecule has 2 radical (unpaired) electrons. The van der Waals surface area contributed by atoms with E-state index in [1.807, 2.05) is 0 Å². The molecule has 0 aromatic heterocycles. The summed E-state index contributed by atoms with van der Waals surface area (Å²) < 4.78 is 21.9. The second kappa shape index (κ2) is 8.12. The van der Waals surface area contributed by atoms with Crippen LogP contribution in [0.25, 0.3) is 0 Å². The maximum absolute atomic E-state index is 5.92. The predicted molar refractivity (Wildman–Crippen MR) is 69.7 cm³/mol. The smallest absolute Gasteiger partial charge is 0.113 e. The van der Waals surface area contributed by atoms with E-state index >= 15 is 0 Å². The van der Waals surface area contributed by atoms with E-state index in [4.69, 9.17) is 32.5 Å². The molecule has 1 saturated heterocycles. The van der Waals surface area contributed by atoms with Gasteiger partial charge in [0.15, 0.2) is 0 Å². The molecule has 5 nitrogen and oxygen atoms in total. The van der Waals surface area contributed by atoms with Gasteiger partial charge in [-0.15, -0.1) is 0 Å². The predicted octanol–water partition coefficient (Wildman–Crippen LogP) is -0.0887. The number of rotatable bonds is 8. The maximum Gasteiger partial charge on any atom is 0.113 e. The van der Waals surface area contributed by atoms with Crippen LogP contribution in [0, 0.1) is 5.92 Å². The molecule has 1 rings (SSSR count). The fraction of sp³-hybridized carbons (Fsp3) is 1.00. The molecule has 18 heavy (non-hydrogen) atoms. The van der Waals surface area contributed by atoms with E-state index in [1.54, 1.807) is 14.2 Å². The van der Waals surface area contributed by atoms with Gasteiger partial charge in [-0.25, -0.2) is 0 Å². The Morgan fingerprint density at radius 3 is 2.56 bits per heavy atom. The van der Waals surface area contributed by atoms with Crippen LogP contribution >= 0.6 is 0 Å². The average molecular weight is 257 g/mol. The lowest BCUT2D eigenvalue weighted by atomic mass is 9.92. The zero-order valence-corrected chi connectivity index (χ0v) is 11.5. The molecule has 0 aromatic carbocycles. The molecule has 1 fully saturated rings. The number of methoxy groups -OCH3 is 2. The standard InChI is InChI=1S/C12H24BNO4/c1-4-8(5-14)6-17-11-10(16-3)9(7-15-2)18-12(11)13/h8-12H,4-7,14H2,1-3H3/t8?,9-,10?,11+,12-/m1/s1. The largest absolute Gasteiger partial charge is 0.382 e. The summed E-state index contributed by atoms with van der Waals surface area (Å²) in [6.07, 6.45) is 0.335. The van der Waals surface area contributed by atoms with Gasteiger partial charge in [0.2, 0.25) is 0 Å². The van der Waals surface area contributed by atoms with Gasteiger partial charge in [-0.2, -0.15) is 0 Å². The number of ether oxygens (including phenoxy) is 4. The van der Waals surface area contributed by atoms with Crippen molar-refractivity contribution in [3.63, 3.8) is 0 Å². The van der Waals surface area contributed by atoms with Gasteiger partial charge < -0.3 is 24.7 Å². The summed E-state index contributed by atoms with van der Waals surface area (Å²) in [5.41, 5.74) is 5.65. The van der Waals surface area contributed by atoms with Crippen LogP contribution in [0.1, 0.15) is 13.3 Å².